The van der Waals surface area contributed by atoms with Crippen LogP contribution in [0.1, 0.15) is 64.7 Å². The van der Waals surface area contributed by atoms with Gasteiger partial charge in [0.2, 0.25) is 0 Å². The highest BCUT2D eigenvalue weighted by Gasteiger charge is 2.22. The highest BCUT2D eigenvalue weighted by Crippen LogP contribution is 2.37. The van der Waals surface area contributed by atoms with Crippen LogP contribution < -0.4 is 14.4 Å². The summed E-state index contributed by atoms with van der Waals surface area (Å²) >= 11 is 0. The molecule has 1 heterocycles. The van der Waals surface area contributed by atoms with Crippen molar-refractivity contribution in [1.29, 1.82) is 0 Å². The summed E-state index contributed by atoms with van der Waals surface area (Å²) < 4.78 is 12.8. The van der Waals surface area contributed by atoms with Gasteiger partial charge in [0.25, 0.3) is 0 Å². The van der Waals surface area contributed by atoms with Crippen molar-refractivity contribution in [2.75, 3.05) is 19.8 Å². The van der Waals surface area contributed by atoms with Gasteiger partial charge in [0, 0.05) is 17.0 Å². The minimum Gasteiger partial charge on any atom is -0.493 e. The molecule has 0 spiro atoms. The Hall–Kier alpha value is -5.01. The molecule has 2 fully saturated rings. The minimum absolute atomic E-state index is 0.193. The first-order valence-electron chi connectivity index (χ1n) is 19.3. The van der Waals surface area contributed by atoms with Gasteiger partial charge in [0.05, 0.1) is 42.2 Å². The molecule has 2 saturated carbocycles. The predicted molar refractivity (Wildman–Crippen MR) is 211 cm³/mol. The van der Waals surface area contributed by atoms with Crippen LogP contribution in [0.3, 0.4) is 0 Å². The molecule has 7 heteroatoms. The van der Waals surface area contributed by atoms with E-state index >= 15 is 0 Å². The molecule has 0 bridgehead atoms. The van der Waals surface area contributed by atoms with Gasteiger partial charge < -0.3 is 19.2 Å². The lowest BCUT2D eigenvalue weighted by Crippen LogP contribution is -2.20. The van der Waals surface area contributed by atoms with Gasteiger partial charge in [-0.3, -0.25) is 0 Å². The molecule has 0 radical (unpaired) electrons. The molecular weight excluding hydrogens is 661 g/mol. The topological polar surface area (TPSA) is 79.8 Å². The lowest BCUT2D eigenvalue weighted by atomic mass is 9.82. The van der Waals surface area contributed by atoms with Crippen LogP contribution in [0.5, 0.6) is 17.2 Å². The standard InChI is InChI=1S/C46H50N2O5/c1-3-24-52-53-42-13-5-8-36(25-42)37-22-23-43-44(28-37)48-46(39-10-7-12-41(27-39)51-31-35-20-16-33(29-49)17-21-35)45(47-43)38-9-6-11-40(26-38)50-30-34-18-14-32(4-2)15-19-34/h4-13,22-23,25-29,32-35H,2-3,14-21,24,30-31H2,1H3. The van der Waals surface area contributed by atoms with Gasteiger partial charge in [-0.15, -0.1) is 6.58 Å². The molecule has 5 aromatic rings. The van der Waals surface area contributed by atoms with Crippen molar-refractivity contribution < 1.29 is 24.0 Å². The highest BCUT2D eigenvalue weighted by molar-refractivity contribution is 5.89. The average Bonchev–Trinajstić information content (AvgIpc) is 3.22. The summed E-state index contributed by atoms with van der Waals surface area (Å²) in [6.07, 6.45) is 12.7. The Morgan fingerprint density at radius 3 is 1.74 bits per heavy atom. The number of carbonyl (C=O) groups excluding carboxylic acids is 1. The molecule has 0 saturated heterocycles. The lowest BCUT2D eigenvalue weighted by molar-refractivity contribution is -0.206. The van der Waals surface area contributed by atoms with Crippen LogP contribution in [-0.4, -0.2) is 36.1 Å². The zero-order chi connectivity index (χ0) is 36.4. The van der Waals surface area contributed by atoms with Crippen LogP contribution in [0.4, 0.5) is 0 Å². The number of aromatic nitrogens is 2. The van der Waals surface area contributed by atoms with Gasteiger partial charge >= 0.3 is 0 Å². The molecular formula is C46H50N2O5. The van der Waals surface area contributed by atoms with E-state index < -0.39 is 0 Å². The summed E-state index contributed by atoms with van der Waals surface area (Å²) in [4.78, 5) is 32.7. The van der Waals surface area contributed by atoms with E-state index in [-0.39, 0.29) is 5.92 Å². The Kier molecular flexibility index (Phi) is 12.1. The Morgan fingerprint density at radius 1 is 0.623 bits per heavy atom. The highest BCUT2D eigenvalue weighted by atomic mass is 17.2. The largest absolute Gasteiger partial charge is 0.493 e. The third-order valence-electron chi connectivity index (χ3n) is 10.8. The summed E-state index contributed by atoms with van der Waals surface area (Å²) in [5.41, 5.74) is 7.02. The summed E-state index contributed by atoms with van der Waals surface area (Å²) in [6, 6.07) is 30.5. The van der Waals surface area contributed by atoms with Gasteiger partial charge in [-0.05, 0) is 135 Å². The van der Waals surface area contributed by atoms with E-state index in [9.17, 15) is 4.79 Å². The summed E-state index contributed by atoms with van der Waals surface area (Å²) in [6.45, 7) is 7.91. The molecule has 1 aromatic heterocycles. The van der Waals surface area contributed by atoms with E-state index in [1.807, 2.05) is 55.5 Å². The third kappa shape index (κ3) is 9.33. The second kappa shape index (κ2) is 17.7. The van der Waals surface area contributed by atoms with E-state index in [4.69, 9.17) is 29.2 Å². The van der Waals surface area contributed by atoms with Gasteiger partial charge in [-0.1, -0.05) is 55.5 Å². The van der Waals surface area contributed by atoms with E-state index in [0.717, 1.165) is 94.6 Å². The Morgan fingerprint density at radius 2 is 1.15 bits per heavy atom. The van der Waals surface area contributed by atoms with Crippen molar-refractivity contribution in [1.82, 2.24) is 9.97 Å². The Balaban J connectivity index is 1.19. The second-order valence-electron chi connectivity index (χ2n) is 14.7. The van der Waals surface area contributed by atoms with E-state index in [1.54, 1.807) is 0 Å². The average molecular weight is 711 g/mol. The maximum Gasteiger partial charge on any atom is 0.166 e. The fourth-order valence-electron chi connectivity index (χ4n) is 7.53. The minimum atomic E-state index is 0.193. The van der Waals surface area contributed by atoms with E-state index in [2.05, 4.69) is 55.1 Å². The summed E-state index contributed by atoms with van der Waals surface area (Å²) in [7, 11) is 0. The molecule has 53 heavy (non-hydrogen) atoms. The van der Waals surface area contributed by atoms with Crippen LogP contribution in [0.2, 0.25) is 0 Å². The number of allylic oxidation sites excluding steroid dienone is 1. The van der Waals surface area contributed by atoms with Crippen LogP contribution >= 0.6 is 0 Å². The molecule has 274 valence electrons. The lowest BCUT2D eigenvalue weighted by Gasteiger charge is -2.26. The smallest absolute Gasteiger partial charge is 0.166 e. The fraction of sp³-hybridized carbons (Fsp3) is 0.370. The molecule has 0 atom stereocenters. The molecule has 0 unspecified atom stereocenters. The predicted octanol–water partition coefficient (Wildman–Crippen LogP) is 11.1. The number of carbonyl (C=O) groups is 1. The first-order valence-corrected chi connectivity index (χ1v) is 19.3. The molecule has 4 aromatic carbocycles. The zero-order valence-corrected chi connectivity index (χ0v) is 30.8. The monoisotopic (exact) mass is 710 g/mol. The third-order valence-corrected chi connectivity index (χ3v) is 10.8. The SMILES string of the molecule is C=CC1CCC(COc2cccc(-c3nc4ccc(-c5cccc(OOCCC)c5)cc4nc3-c3cccc(OCC4CCC(C=O)CC4)c3)c2)CC1. The number of ether oxygens (including phenoxy) is 2. The normalized spacial score (nSPS) is 20.1. The number of fused-ring (bicyclic) bond motifs is 1. The molecule has 0 aliphatic heterocycles. The van der Waals surface area contributed by atoms with Crippen molar-refractivity contribution in [3.8, 4) is 50.9 Å². The zero-order valence-electron chi connectivity index (χ0n) is 30.8. The van der Waals surface area contributed by atoms with Crippen molar-refractivity contribution in [2.45, 2.75) is 64.7 Å². The first kappa shape index (κ1) is 36.4. The molecule has 2 aliphatic carbocycles. The van der Waals surface area contributed by atoms with Crippen molar-refractivity contribution >= 4 is 17.3 Å². The molecule has 2 aliphatic rings. The first-order chi connectivity index (χ1) is 26.1. The summed E-state index contributed by atoms with van der Waals surface area (Å²) in [5.74, 6) is 4.11. The molecule has 0 N–H and O–H groups in total. The second-order valence-corrected chi connectivity index (χ2v) is 14.7. The maximum atomic E-state index is 11.3. The molecule has 0 amide bonds. The van der Waals surface area contributed by atoms with E-state index in [1.165, 1.54) is 25.7 Å². The quantitative estimate of drug-likeness (QED) is 0.0352. The Bertz CT molecular complexity index is 1990. The van der Waals surface area contributed by atoms with Crippen LogP contribution in [0.15, 0.2) is 104 Å². The maximum absolute atomic E-state index is 11.3. The van der Waals surface area contributed by atoms with Gasteiger partial charge in [0.15, 0.2) is 5.75 Å². The van der Waals surface area contributed by atoms with E-state index in [0.29, 0.717) is 43.3 Å². The Labute approximate surface area is 313 Å². The fourth-order valence-corrected chi connectivity index (χ4v) is 7.53. The summed E-state index contributed by atoms with van der Waals surface area (Å²) in [5, 5.41) is 0. The van der Waals surface area contributed by atoms with Crippen molar-refractivity contribution in [2.24, 2.45) is 23.7 Å². The van der Waals surface area contributed by atoms with Crippen molar-refractivity contribution in [3.05, 3.63) is 104 Å². The van der Waals surface area contributed by atoms with Gasteiger partial charge in [-0.2, -0.15) is 4.89 Å². The van der Waals surface area contributed by atoms with Gasteiger partial charge in [0.1, 0.15) is 17.8 Å². The van der Waals surface area contributed by atoms with Gasteiger partial charge in [-0.25, -0.2) is 9.97 Å². The number of hydrogen-bond donors (Lipinski definition) is 0. The van der Waals surface area contributed by atoms with Crippen LogP contribution in [0, 0.1) is 23.7 Å². The van der Waals surface area contributed by atoms with Crippen LogP contribution in [-0.2, 0) is 9.68 Å². The number of aldehydes is 1. The van der Waals surface area contributed by atoms with Crippen LogP contribution in [0.25, 0.3) is 44.7 Å². The number of hydrogen-bond acceptors (Lipinski definition) is 7. The number of nitrogens with zero attached hydrogens (tertiary/aromatic N) is 2. The number of benzene rings is 4. The number of rotatable bonds is 15. The molecule has 7 nitrogen and oxygen atoms in total. The van der Waals surface area contributed by atoms with Crippen molar-refractivity contribution in [3.63, 3.8) is 0 Å². The molecule has 7 rings (SSSR count).